The van der Waals surface area contributed by atoms with Crippen molar-refractivity contribution in [3.05, 3.63) is 65.5 Å². The van der Waals surface area contributed by atoms with Crippen LogP contribution in [0, 0.1) is 5.82 Å². The van der Waals surface area contributed by atoms with E-state index in [0.29, 0.717) is 11.3 Å². The number of nitrogens with two attached hydrogens (primary N) is 1. The molecule has 0 spiro atoms. The van der Waals surface area contributed by atoms with Gasteiger partial charge < -0.3 is 5.73 Å². The van der Waals surface area contributed by atoms with Gasteiger partial charge in [-0.1, -0.05) is 42.5 Å². The molecule has 2 heteroatoms. The van der Waals surface area contributed by atoms with Crippen molar-refractivity contribution in [2.75, 3.05) is 5.73 Å². The molecule has 0 aliphatic carbocycles. The van der Waals surface area contributed by atoms with Crippen LogP contribution in [0.1, 0.15) is 11.1 Å². The van der Waals surface area contributed by atoms with E-state index < -0.39 is 0 Å². The van der Waals surface area contributed by atoms with Gasteiger partial charge in [-0.05, 0) is 23.8 Å². The predicted molar refractivity (Wildman–Crippen MR) is 66.2 cm³/mol. The van der Waals surface area contributed by atoms with Crippen LogP contribution < -0.4 is 5.73 Å². The van der Waals surface area contributed by atoms with Gasteiger partial charge in [-0.25, -0.2) is 4.39 Å². The first-order valence-corrected chi connectivity index (χ1v) is 5.04. The molecule has 0 fully saturated rings. The molecule has 0 atom stereocenters. The Bertz CT molecular complexity index is 503. The molecule has 0 unspecified atom stereocenters. The van der Waals surface area contributed by atoms with Crippen molar-refractivity contribution in [3.8, 4) is 0 Å². The molecule has 0 radical (unpaired) electrons. The van der Waals surface area contributed by atoms with Gasteiger partial charge in [-0.3, -0.25) is 0 Å². The van der Waals surface area contributed by atoms with Crippen LogP contribution in [0.5, 0.6) is 0 Å². The maximum absolute atomic E-state index is 13.0. The first-order valence-electron chi connectivity index (χ1n) is 5.04. The minimum absolute atomic E-state index is 0.276. The molecule has 0 amide bonds. The van der Waals surface area contributed by atoms with Gasteiger partial charge in [0.1, 0.15) is 5.82 Å². The molecule has 0 aromatic heterocycles. The average molecular weight is 213 g/mol. The molecule has 2 N–H and O–H groups in total. The number of halogens is 1. The summed E-state index contributed by atoms with van der Waals surface area (Å²) in [6.07, 6.45) is 3.72. The SMILES string of the molecule is Nc1ccc(F)cc1C=Cc1ccccc1. The van der Waals surface area contributed by atoms with E-state index >= 15 is 0 Å². The van der Waals surface area contributed by atoms with E-state index in [1.54, 1.807) is 6.07 Å². The second kappa shape index (κ2) is 4.62. The lowest BCUT2D eigenvalue weighted by atomic mass is 10.1. The summed E-state index contributed by atoms with van der Waals surface area (Å²) in [6.45, 7) is 0. The van der Waals surface area contributed by atoms with Crippen LogP contribution in [0.4, 0.5) is 10.1 Å². The molecule has 0 aliphatic rings. The number of nitrogen functional groups attached to an aromatic ring is 1. The van der Waals surface area contributed by atoms with Crippen molar-refractivity contribution in [2.45, 2.75) is 0 Å². The Morgan fingerprint density at radius 3 is 2.44 bits per heavy atom. The topological polar surface area (TPSA) is 26.0 Å². The summed E-state index contributed by atoms with van der Waals surface area (Å²) in [4.78, 5) is 0. The molecular formula is C14H12FN. The summed E-state index contributed by atoms with van der Waals surface area (Å²) in [6, 6.07) is 14.2. The smallest absolute Gasteiger partial charge is 0.123 e. The molecule has 0 aliphatic heterocycles. The standard InChI is InChI=1S/C14H12FN/c15-13-8-9-14(16)12(10-13)7-6-11-4-2-1-3-5-11/h1-10H,16H2. The molecule has 2 aromatic rings. The number of anilines is 1. The van der Waals surface area contributed by atoms with E-state index in [1.165, 1.54) is 12.1 Å². The van der Waals surface area contributed by atoms with Crippen molar-refractivity contribution >= 4 is 17.8 Å². The van der Waals surface area contributed by atoms with Crippen LogP contribution in [0.3, 0.4) is 0 Å². The van der Waals surface area contributed by atoms with Crippen LogP contribution >= 0.6 is 0 Å². The van der Waals surface area contributed by atoms with E-state index in [1.807, 2.05) is 42.5 Å². The summed E-state index contributed by atoms with van der Waals surface area (Å²) in [5.74, 6) is -0.276. The largest absolute Gasteiger partial charge is 0.398 e. The Balaban J connectivity index is 2.27. The van der Waals surface area contributed by atoms with Crippen LogP contribution in [-0.2, 0) is 0 Å². The van der Waals surface area contributed by atoms with Gasteiger partial charge in [0, 0.05) is 11.3 Å². The molecular weight excluding hydrogens is 201 g/mol. The normalized spacial score (nSPS) is 10.8. The predicted octanol–water partition coefficient (Wildman–Crippen LogP) is 3.58. The molecule has 2 rings (SSSR count). The third kappa shape index (κ3) is 2.48. The van der Waals surface area contributed by atoms with Gasteiger partial charge in [0.25, 0.3) is 0 Å². The Hall–Kier alpha value is -2.09. The fraction of sp³-hybridized carbons (Fsp3) is 0. The number of benzene rings is 2. The summed E-state index contributed by atoms with van der Waals surface area (Å²) in [7, 11) is 0. The van der Waals surface area contributed by atoms with E-state index in [2.05, 4.69) is 0 Å². The van der Waals surface area contributed by atoms with Gasteiger partial charge in [-0.2, -0.15) is 0 Å². The molecule has 0 bridgehead atoms. The zero-order valence-corrected chi connectivity index (χ0v) is 8.73. The minimum atomic E-state index is -0.276. The van der Waals surface area contributed by atoms with Crippen molar-refractivity contribution < 1.29 is 4.39 Å². The molecule has 2 aromatic carbocycles. The van der Waals surface area contributed by atoms with E-state index in [9.17, 15) is 4.39 Å². The average Bonchev–Trinajstić information content (AvgIpc) is 2.32. The Morgan fingerprint density at radius 2 is 1.69 bits per heavy atom. The first kappa shape index (κ1) is 10.4. The number of hydrogen-bond acceptors (Lipinski definition) is 1. The fourth-order valence-corrected chi connectivity index (χ4v) is 1.44. The van der Waals surface area contributed by atoms with E-state index in [0.717, 1.165) is 5.56 Å². The van der Waals surface area contributed by atoms with Gasteiger partial charge in [0.15, 0.2) is 0 Å². The highest BCUT2D eigenvalue weighted by Crippen LogP contribution is 2.16. The summed E-state index contributed by atoms with van der Waals surface area (Å²) in [5, 5.41) is 0. The highest BCUT2D eigenvalue weighted by molar-refractivity contribution is 5.75. The third-order valence-electron chi connectivity index (χ3n) is 2.30. The van der Waals surface area contributed by atoms with Crippen molar-refractivity contribution in [1.29, 1.82) is 0 Å². The van der Waals surface area contributed by atoms with Gasteiger partial charge >= 0.3 is 0 Å². The van der Waals surface area contributed by atoms with Gasteiger partial charge in [0.05, 0.1) is 0 Å². The molecule has 1 nitrogen and oxygen atoms in total. The number of rotatable bonds is 2. The lowest BCUT2D eigenvalue weighted by Crippen LogP contribution is -1.89. The second-order valence-electron chi connectivity index (χ2n) is 3.52. The van der Waals surface area contributed by atoms with Crippen LogP contribution in [0.2, 0.25) is 0 Å². The Labute approximate surface area is 94.0 Å². The zero-order valence-electron chi connectivity index (χ0n) is 8.73. The number of hydrogen-bond donors (Lipinski definition) is 1. The highest BCUT2D eigenvalue weighted by atomic mass is 19.1. The monoisotopic (exact) mass is 213 g/mol. The molecule has 16 heavy (non-hydrogen) atoms. The van der Waals surface area contributed by atoms with Gasteiger partial charge in [-0.15, -0.1) is 0 Å². The maximum atomic E-state index is 13.0. The maximum Gasteiger partial charge on any atom is 0.123 e. The van der Waals surface area contributed by atoms with Crippen LogP contribution in [0.15, 0.2) is 48.5 Å². The van der Waals surface area contributed by atoms with Gasteiger partial charge in [0.2, 0.25) is 0 Å². The second-order valence-corrected chi connectivity index (χ2v) is 3.52. The highest BCUT2D eigenvalue weighted by Gasteiger charge is 1.96. The fourth-order valence-electron chi connectivity index (χ4n) is 1.44. The van der Waals surface area contributed by atoms with Crippen molar-refractivity contribution in [3.63, 3.8) is 0 Å². The molecule has 0 saturated carbocycles. The van der Waals surface area contributed by atoms with Crippen molar-refractivity contribution in [1.82, 2.24) is 0 Å². The Morgan fingerprint density at radius 1 is 0.938 bits per heavy atom. The van der Waals surface area contributed by atoms with E-state index in [-0.39, 0.29) is 5.82 Å². The molecule has 80 valence electrons. The lowest BCUT2D eigenvalue weighted by Gasteiger charge is -1.99. The molecule has 0 saturated heterocycles. The summed E-state index contributed by atoms with van der Waals surface area (Å²) < 4.78 is 13.0. The first-order chi connectivity index (χ1) is 7.75. The van der Waals surface area contributed by atoms with Crippen LogP contribution in [-0.4, -0.2) is 0 Å². The summed E-state index contributed by atoms with van der Waals surface area (Å²) >= 11 is 0. The quantitative estimate of drug-likeness (QED) is 0.599. The zero-order chi connectivity index (χ0) is 11.4. The summed E-state index contributed by atoms with van der Waals surface area (Å²) in [5.41, 5.74) is 8.07. The lowest BCUT2D eigenvalue weighted by molar-refractivity contribution is 0.628. The van der Waals surface area contributed by atoms with E-state index in [4.69, 9.17) is 5.73 Å². The van der Waals surface area contributed by atoms with Crippen LogP contribution in [0.25, 0.3) is 12.2 Å². The Kier molecular flexibility index (Phi) is 3.01. The minimum Gasteiger partial charge on any atom is -0.398 e. The third-order valence-corrected chi connectivity index (χ3v) is 2.30. The van der Waals surface area contributed by atoms with Crippen molar-refractivity contribution in [2.24, 2.45) is 0 Å². The molecule has 0 heterocycles.